The predicted molar refractivity (Wildman–Crippen MR) is 59.7 cm³/mol. The Hall–Kier alpha value is -1.06. The average molecular weight is 268 g/mol. The van der Waals surface area contributed by atoms with E-state index in [0.717, 1.165) is 6.42 Å². The van der Waals surface area contributed by atoms with E-state index < -0.39 is 37.0 Å². The summed E-state index contributed by atoms with van der Waals surface area (Å²) in [4.78, 5) is 19.5. The van der Waals surface area contributed by atoms with Crippen LogP contribution in [0.3, 0.4) is 0 Å². The molecule has 0 heterocycles. The summed E-state index contributed by atoms with van der Waals surface area (Å²) in [5.41, 5.74) is 0. The molecule has 0 aromatic rings. The number of aliphatic hydroxyl groups excluding tert-OH is 5. The van der Waals surface area contributed by atoms with Crippen LogP contribution >= 0.6 is 0 Å². The third kappa shape index (κ3) is 9.02. The van der Waals surface area contributed by atoms with Crippen LogP contribution in [0.5, 0.6) is 0 Å². The number of carbonyl (C=O) groups excluding carboxylic acids is 1. The first-order valence-electron chi connectivity index (χ1n) is 5.31. The third-order valence-electron chi connectivity index (χ3n) is 1.88. The highest BCUT2D eigenvalue weighted by Crippen LogP contribution is 2.02. The third-order valence-corrected chi connectivity index (χ3v) is 1.88. The van der Waals surface area contributed by atoms with Crippen LogP contribution in [0.4, 0.5) is 0 Å². The average Bonchev–Trinajstić information content (AvgIpc) is 2.35. The van der Waals surface area contributed by atoms with Gasteiger partial charge in [-0.3, -0.25) is 4.79 Å². The Morgan fingerprint density at radius 1 is 1.17 bits per heavy atom. The van der Waals surface area contributed by atoms with Crippen molar-refractivity contribution in [3.8, 4) is 0 Å². The van der Waals surface area contributed by atoms with Gasteiger partial charge < -0.3 is 35.4 Å². The van der Waals surface area contributed by atoms with E-state index in [1.807, 2.05) is 6.92 Å². The molecule has 0 fully saturated rings. The van der Waals surface area contributed by atoms with E-state index in [1.165, 1.54) is 0 Å². The minimum absolute atomic E-state index is 0.0258. The zero-order valence-electron chi connectivity index (χ0n) is 10.0. The number of carboxylic acids is 1. The lowest BCUT2D eigenvalue weighted by Crippen LogP contribution is -2.46. The number of hydrogen-bond acceptors (Lipinski definition) is 7. The number of carboxylic acid groups (broad SMARTS) is 1. The van der Waals surface area contributed by atoms with Gasteiger partial charge in [0, 0.05) is 6.42 Å². The molecule has 18 heavy (non-hydrogen) atoms. The van der Waals surface area contributed by atoms with Gasteiger partial charge in [0.15, 0.2) is 6.29 Å². The first-order chi connectivity index (χ1) is 8.31. The molecule has 4 unspecified atom stereocenters. The lowest BCUT2D eigenvalue weighted by atomic mass is 10.0. The lowest BCUT2D eigenvalue weighted by molar-refractivity contribution is -0.137. The summed E-state index contributed by atoms with van der Waals surface area (Å²) in [6.07, 6.45) is -5.82. The molecule has 0 aromatic carbocycles. The summed E-state index contributed by atoms with van der Waals surface area (Å²) in [7, 11) is 0. The second kappa shape index (κ2) is 11.1. The van der Waals surface area contributed by atoms with Crippen LogP contribution in [0.15, 0.2) is 0 Å². The molecule has 8 heteroatoms. The van der Waals surface area contributed by atoms with Gasteiger partial charge in [-0.15, -0.1) is 0 Å². The van der Waals surface area contributed by atoms with Gasteiger partial charge >= 0.3 is 5.97 Å². The molecule has 0 rings (SSSR count). The summed E-state index contributed by atoms with van der Waals surface area (Å²) in [6.45, 7) is 1.08. The molecule has 4 atom stereocenters. The highest BCUT2D eigenvalue weighted by atomic mass is 16.4. The van der Waals surface area contributed by atoms with Gasteiger partial charge in [0.25, 0.3) is 0 Å². The van der Waals surface area contributed by atoms with E-state index in [9.17, 15) is 9.59 Å². The Bertz CT molecular complexity index is 232. The van der Waals surface area contributed by atoms with Crippen LogP contribution in [0.1, 0.15) is 19.8 Å². The molecular weight excluding hydrogens is 248 g/mol. The van der Waals surface area contributed by atoms with E-state index >= 15 is 0 Å². The maximum absolute atomic E-state index is 9.90. The van der Waals surface area contributed by atoms with Crippen molar-refractivity contribution in [2.24, 2.45) is 0 Å². The summed E-state index contributed by atoms with van der Waals surface area (Å²) >= 11 is 0. The van der Waals surface area contributed by atoms with Crippen molar-refractivity contribution in [2.45, 2.75) is 44.2 Å². The minimum atomic E-state index is -1.79. The molecule has 0 aliphatic rings. The zero-order chi connectivity index (χ0) is 14.7. The van der Waals surface area contributed by atoms with Gasteiger partial charge in [-0.25, -0.2) is 0 Å². The fraction of sp³-hybridized carbons (Fsp3) is 0.800. The molecule has 8 nitrogen and oxygen atoms in total. The van der Waals surface area contributed by atoms with E-state index in [2.05, 4.69) is 0 Å². The second-order valence-corrected chi connectivity index (χ2v) is 3.50. The number of aldehydes is 1. The van der Waals surface area contributed by atoms with Crippen LogP contribution in [0.25, 0.3) is 0 Å². The SMILES string of the molecule is CCCC(=O)O.O=CC(O)C(O)C(O)C(O)CO. The number of aliphatic carboxylic acids is 1. The van der Waals surface area contributed by atoms with Gasteiger partial charge in [0.1, 0.15) is 24.4 Å². The quantitative estimate of drug-likeness (QED) is 0.276. The first kappa shape index (κ1) is 19.3. The maximum atomic E-state index is 9.90. The Morgan fingerprint density at radius 2 is 1.67 bits per heavy atom. The summed E-state index contributed by atoms with van der Waals surface area (Å²) in [6, 6.07) is 0. The topological polar surface area (TPSA) is 156 Å². The van der Waals surface area contributed by atoms with Crippen molar-refractivity contribution >= 4 is 12.3 Å². The highest BCUT2D eigenvalue weighted by Gasteiger charge is 2.29. The summed E-state index contributed by atoms with van der Waals surface area (Å²) < 4.78 is 0. The molecule has 0 spiro atoms. The van der Waals surface area contributed by atoms with Gasteiger partial charge in [0.2, 0.25) is 0 Å². The molecule has 108 valence electrons. The normalized spacial score (nSPS) is 16.8. The van der Waals surface area contributed by atoms with E-state index in [1.54, 1.807) is 0 Å². The number of hydrogen-bond donors (Lipinski definition) is 6. The molecule has 6 N–H and O–H groups in total. The van der Waals surface area contributed by atoms with Gasteiger partial charge in [-0.1, -0.05) is 6.92 Å². The molecular formula is C10H20O8. The minimum Gasteiger partial charge on any atom is -0.481 e. The molecule has 0 radical (unpaired) electrons. The van der Waals surface area contributed by atoms with Crippen molar-refractivity contribution in [2.75, 3.05) is 6.61 Å². The van der Waals surface area contributed by atoms with Gasteiger partial charge in [-0.2, -0.15) is 0 Å². The van der Waals surface area contributed by atoms with Crippen LogP contribution in [0, 0.1) is 0 Å². The summed E-state index contributed by atoms with van der Waals surface area (Å²) in [5, 5.41) is 51.4. The van der Waals surface area contributed by atoms with Crippen molar-refractivity contribution in [3.63, 3.8) is 0 Å². The van der Waals surface area contributed by atoms with Crippen LogP contribution in [-0.2, 0) is 9.59 Å². The van der Waals surface area contributed by atoms with Crippen LogP contribution < -0.4 is 0 Å². The predicted octanol–water partition coefficient (Wildman–Crippen LogP) is -2.51. The van der Waals surface area contributed by atoms with Gasteiger partial charge in [-0.05, 0) is 6.42 Å². The Kier molecular flexibility index (Phi) is 11.8. The number of carbonyl (C=O) groups is 2. The van der Waals surface area contributed by atoms with Crippen molar-refractivity contribution in [1.29, 1.82) is 0 Å². The first-order valence-corrected chi connectivity index (χ1v) is 5.31. The molecule has 0 bridgehead atoms. The smallest absolute Gasteiger partial charge is 0.303 e. The van der Waals surface area contributed by atoms with Crippen molar-refractivity contribution < 1.29 is 40.2 Å². The van der Waals surface area contributed by atoms with Crippen LogP contribution in [-0.4, -0.2) is 73.9 Å². The van der Waals surface area contributed by atoms with Crippen molar-refractivity contribution in [1.82, 2.24) is 0 Å². The Balaban J connectivity index is 0. The standard InChI is InChI=1S/C6H12O6.C4H8O2/c7-1-3(9)5(11)6(12)4(10)2-8;1-2-3-4(5)6/h1,3-6,8-12H,2H2;2-3H2,1H3,(H,5,6). The zero-order valence-corrected chi connectivity index (χ0v) is 10.0. The summed E-state index contributed by atoms with van der Waals surface area (Å²) in [5.74, 6) is -0.711. The lowest BCUT2D eigenvalue weighted by Gasteiger charge is -2.22. The maximum Gasteiger partial charge on any atom is 0.303 e. The monoisotopic (exact) mass is 268 g/mol. The second-order valence-electron chi connectivity index (χ2n) is 3.50. The Morgan fingerprint density at radius 3 is 1.89 bits per heavy atom. The molecule has 0 amide bonds. The fourth-order valence-electron chi connectivity index (χ4n) is 0.832. The molecule has 0 aliphatic heterocycles. The number of rotatable bonds is 7. The van der Waals surface area contributed by atoms with E-state index in [-0.39, 0.29) is 6.29 Å². The highest BCUT2D eigenvalue weighted by molar-refractivity contribution is 5.66. The molecule has 0 aromatic heterocycles. The van der Waals surface area contributed by atoms with E-state index in [0.29, 0.717) is 6.42 Å². The van der Waals surface area contributed by atoms with Crippen LogP contribution in [0.2, 0.25) is 0 Å². The van der Waals surface area contributed by atoms with Gasteiger partial charge in [0.05, 0.1) is 6.61 Å². The largest absolute Gasteiger partial charge is 0.481 e. The van der Waals surface area contributed by atoms with E-state index in [4.69, 9.17) is 30.6 Å². The molecule has 0 aliphatic carbocycles. The molecule has 0 saturated heterocycles. The Labute approximate surface area is 104 Å². The fourth-order valence-corrected chi connectivity index (χ4v) is 0.832. The number of aliphatic hydroxyl groups is 5. The molecule has 0 saturated carbocycles. The van der Waals surface area contributed by atoms with Crippen molar-refractivity contribution in [3.05, 3.63) is 0 Å².